The van der Waals surface area contributed by atoms with Crippen molar-refractivity contribution in [2.24, 2.45) is 0 Å². The number of nitrogens with zero attached hydrogens (tertiary/aromatic N) is 2. The summed E-state index contributed by atoms with van der Waals surface area (Å²) < 4.78 is 28.7. The molecule has 0 bridgehead atoms. The SMILES string of the molecule is COc1ccc(CCn2c(O)c(C3c4c(cc5c(c4OC)OCO5)CCN3C)c(=O)[nH]c2=O)cc1OC. The fourth-order valence-corrected chi connectivity index (χ4v) is 5.10. The Labute approximate surface area is 212 Å². The summed E-state index contributed by atoms with van der Waals surface area (Å²) in [6.45, 7) is 0.817. The summed E-state index contributed by atoms with van der Waals surface area (Å²) in [5, 5.41) is 11.3. The van der Waals surface area contributed by atoms with Crippen LogP contribution in [0.25, 0.3) is 0 Å². The van der Waals surface area contributed by atoms with Crippen LogP contribution in [0, 0.1) is 0 Å². The second-order valence-electron chi connectivity index (χ2n) is 8.94. The van der Waals surface area contributed by atoms with Gasteiger partial charge in [-0.1, -0.05) is 6.07 Å². The van der Waals surface area contributed by atoms with Gasteiger partial charge in [-0.25, -0.2) is 4.79 Å². The van der Waals surface area contributed by atoms with Gasteiger partial charge in [0.15, 0.2) is 23.0 Å². The van der Waals surface area contributed by atoms with Crippen LogP contribution in [-0.2, 0) is 19.4 Å². The molecule has 1 unspecified atom stereocenters. The third-order valence-corrected chi connectivity index (χ3v) is 6.95. The van der Waals surface area contributed by atoms with Crippen molar-refractivity contribution in [2.75, 3.05) is 41.7 Å². The van der Waals surface area contributed by atoms with E-state index in [9.17, 15) is 14.7 Å². The predicted molar refractivity (Wildman–Crippen MR) is 134 cm³/mol. The summed E-state index contributed by atoms with van der Waals surface area (Å²) in [7, 11) is 6.48. The molecule has 2 aromatic carbocycles. The summed E-state index contributed by atoms with van der Waals surface area (Å²) in [4.78, 5) is 30.3. The number of benzene rings is 2. The molecule has 1 atom stereocenters. The zero-order valence-electron chi connectivity index (χ0n) is 21.1. The average molecular weight is 512 g/mol. The highest BCUT2D eigenvalue weighted by molar-refractivity contribution is 5.63. The summed E-state index contributed by atoms with van der Waals surface area (Å²) in [5.41, 5.74) is 1.20. The molecule has 0 fully saturated rings. The van der Waals surface area contributed by atoms with Crippen LogP contribution < -0.4 is 34.9 Å². The first-order valence-corrected chi connectivity index (χ1v) is 11.8. The molecule has 0 aliphatic carbocycles. The highest BCUT2D eigenvalue weighted by atomic mass is 16.7. The largest absolute Gasteiger partial charge is 0.494 e. The molecule has 2 aliphatic heterocycles. The van der Waals surface area contributed by atoms with E-state index in [1.807, 2.05) is 30.1 Å². The van der Waals surface area contributed by atoms with Gasteiger partial charge in [0.25, 0.3) is 5.56 Å². The Hall–Kier alpha value is -4.12. The van der Waals surface area contributed by atoms with Crippen molar-refractivity contribution >= 4 is 0 Å². The van der Waals surface area contributed by atoms with Crippen LogP contribution in [0.2, 0.25) is 0 Å². The molecule has 0 amide bonds. The quantitative estimate of drug-likeness (QED) is 0.489. The molecule has 2 N–H and O–H groups in total. The van der Waals surface area contributed by atoms with Crippen molar-refractivity contribution in [3.63, 3.8) is 0 Å². The summed E-state index contributed by atoms with van der Waals surface area (Å²) >= 11 is 0. The number of rotatable bonds is 7. The van der Waals surface area contributed by atoms with Gasteiger partial charge >= 0.3 is 5.69 Å². The molecule has 0 saturated carbocycles. The minimum Gasteiger partial charge on any atom is -0.494 e. The van der Waals surface area contributed by atoms with Gasteiger partial charge in [0.05, 0.1) is 32.9 Å². The molecule has 2 aliphatic rings. The second kappa shape index (κ2) is 9.74. The second-order valence-corrected chi connectivity index (χ2v) is 8.94. The van der Waals surface area contributed by atoms with Gasteiger partial charge in [-0.15, -0.1) is 0 Å². The zero-order valence-corrected chi connectivity index (χ0v) is 21.1. The maximum Gasteiger partial charge on any atom is 0.331 e. The molecule has 0 spiro atoms. The Bertz CT molecular complexity index is 1460. The molecule has 3 aromatic rings. The van der Waals surface area contributed by atoms with Crippen LogP contribution in [0.3, 0.4) is 0 Å². The number of fused-ring (bicyclic) bond motifs is 2. The number of likely N-dealkylation sites (N-methyl/N-ethyl adjacent to an activating group) is 1. The number of aromatic nitrogens is 2. The van der Waals surface area contributed by atoms with Crippen molar-refractivity contribution in [3.05, 3.63) is 67.4 Å². The Morgan fingerprint density at radius 3 is 2.57 bits per heavy atom. The molecule has 0 radical (unpaired) electrons. The molecular formula is C26H29N3O8. The number of nitrogens with one attached hydrogen (secondary N) is 1. The third-order valence-electron chi connectivity index (χ3n) is 6.95. The number of aromatic amines is 1. The first-order valence-electron chi connectivity index (χ1n) is 11.8. The van der Waals surface area contributed by atoms with Crippen LogP contribution in [0.5, 0.6) is 34.6 Å². The third kappa shape index (κ3) is 4.14. The lowest BCUT2D eigenvalue weighted by molar-refractivity contribution is 0.170. The minimum absolute atomic E-state index is 0.0625. The normalized spacial score (nSPS) is 16.4. The highest BCUT2D eigenvalue weighted by Crippen LogP contribution is 2.51. The standard InChI is InChI=1S/C26H29N3O8/c1-28-9-8-15-12-18-22(37-13-36-18)23(35-4)19(15)21(28)20-24(30)27-26(32)29(25(20)31)10-7-14-5-6-16(33-2)17(11-14)34-3/h5-6,11-12,21,31H,7-10,13H2,1-4H3,(H,27,30,32). The Morgan fingerprint density at radius 2 is 1.84 bits per heavy atom. The fraction of sp³-hybridized carbons (Fsp3) is 0.385. The van der Waals surface area contributed by atoms with Crippen molar-refractivity contribution in [2.45, 2.75) is 25.4 Å². The summed E-state index contributed by atoms with van der Waals surface area (Å²) in [6.07, 6.45) is 1.09. The van der Waals surface area contributed by atoms with E-state index in [-0.39, 0.29) is 18.9 Å². The van der Waals surface area contributed by atoms with Crippen molar-refractivity contribution in [1.29, 1.82) is 0 Å². The van der Waals surface area contributed by atoms with E-state index in [4.69, 9.17) is 23.7 Å². The van der Waals surface area contributed by atoms with Gasteiger partial charge in [0.2, 0.25) is 18.4 Å². The predicted octanol–water partition coefficient (Wildman–Crippen LogP) is 1.82. The van der Waals surface area contributed by atoms with Crippen molar-refractivity contribution in [1.82, 2.24) is 14.5 Å². The maximum absolute atomic E-state index is 13.1. The molecule has 1 aromatic heterocycles. The minimum atomic E-state index is -0.692. The van der Waals surface area contributed by atoms with Gasteiger partial charge < -0.3 is 28.8 Å². The summed E-state index contributed by atoms with van der Waals surface area (Å²) in [6, 6.07) is 6.66. The Balaban J connectivity index is 1.58. The topological polar surface area (TPSA) is 124 Å². The van der Waals surface area contributed by atoms with Crippen LogP contribution in [0.15, 0.2) is 33.9 Å². The number of ether oxygens (including phenoxy) is 5. The molecule has 196 valence electrons. The van der Waals surface area contributed by atoms with E-state index in [2.05, 4.69) is 4.98 Å². The fourth-order valence-electron chi connectivity index (χ4n) is 5.10. The van der Waals surface area contributed by atoms with Gasteiger partial charge in [-0.05, 0) is 49.2 Å². The number of aromatic hydroxyl groups is 1. The zero-order chi connectivity index (χ0) is 26.3. The highest BCUT2D eigenvalue weighted by Gasteiger charge is 2.38. The van der Waals surface area contributed by atoms with Gasteiger partial charge in [0, 0.05) is 18.7 Å². The van der Waals surface area contributed by atoms with Crippen LogP contribution >= 0.6 is 0 Å². The Kier molecular flexibility index (Phi) is 6.46. The molecule has 0 saturated heterocycles. The van der Waals surface area contributed by atoms with Crippen LogP contribution in [-0.4, -0.2) is 61.3 Å². The van der Waals surface area contributed by atoms with E-state index in [0.717, 1.165) is 11.1 Å². The molecule has 5 rings (SSSR count). The first kappa shape index (κ1) is 24.6. The maximum atomic E-state index is 13.1. The van der Waals surface area contributed by atoms with Gasteiger partial charge in [0.1, 0.15) is 0 Å². The lowest BCUT2D eigenvalue weighted by Gasteiger charge is -2.36. The number of hydrogen-bond donors (Lipinski definition) is 2. The van der Waals surface area contributed by atoms with E-state index in [0.29, 0.717) is 53.7 Å². The summed E-state index contributed by atoms with van der Waals surface area (Å²) in [5.74, 6) is 2.25. The van der Waals surface area contributed by atoms with E-state index >= 15 is 0 Å². The number of aryl methyl sites for hydroxylation is 1. The lowest BCUT2D eigenvalue weighted by Crippen LogP contribution is -2.40. The van der Waals surface area contributed by atoms with E-state index in [1.54, 1.807) is 20.3 Å². The number of methoxy groups -OCH3 is 3. The molecule has 11 heteroatoms. The molecular weight excluding hydrogens is 482 g/mol. The monoisotopic (exact) mass is 511 g/mol. The number of hydrogen-bond acceptors (Lipinski definition) is 9. The average Bonchev–Trinajstić information content (AvgIpc) is 3.36. The van der Waals surface area contributed by atoms with Gasteiger partial charge in [-0.3, -0.25) is 19.2 Å². The van der Waals surface area contributed by atoms with Crippen LogP contribution in [0.4, 0.5) is 0 Å². The van der Waals surface area contributed by atoms with Crippen LogP contribution in [0.1, 0.15) is 28.3 Å². The first-order chi connectivity index (χ1) is 17.9. The molecule has 11 nitrogen and oxygen atoms in total. The van der Waals surface area contributed by atoms with E-state index < -0.39 is 23.2 Å². The van der Waals surface area contributed by atoms with Crippen molar-refractivity contribution < 1.29 is 28.8 Å². The smallest absolute Gasteiger partial charge is 0.331 e. The molecule has 37 heavy (non-hydrogen) atoms. The lowest BCUT2D eigenvalue weighted by atomic mass is 9.87. The van der Waals surface area contributed by atoms with E-state index in [1.165, 1.54) is 11.7 Å². The number of H-pyrrole nitrogens is 1. The van der Waals surface area contributed by atoms with Crippen molar-refractivity contribution in [3.8, 4) is 34.6 Å². The Morgan fingerprint density at radius 1 is 1.05 bits per heavy atom. The van der Waals surface area contributed by atoms with Gasteiger partial charge in [-0.2, -0.15) is 0 Å². The molecule has 3 heterocycles.